The van der Waals surface area contributed by atoms with Crippen molar-refractivity contribution in [2.24, 2.45) is 7.05 Å². The molecule has 2 aromatic heterocycles. The van der Waals surface area contributed by atoms with E-state index in [-0.39, 0.29) is 0 Å². The Morgan fingerprint density at radius 3 is 2.65 bits per heavy atom. The molecule has 0 saturated carbocycles. The Morgan fingerprint density at radius 2 is 1.94 bits per heavy atom. The lowest BCUT2D eigenvalue weighted by Crippen LogP contribution is -1.88. The van der Waals surface area contributed by atoms with Crippen LogP contribution in [-0.2, 0) is 7.05 Å². The zero-order valence-electron chi connectivity index (χ0n) is 9.50. The van der Waals surface area contributed by atoms with Gasteiger partial charge in [0.25, 0.3) is 0 Å². The van der Waals surface area contributed by atoms with Gasteiger partial charge in [0.1, 0.15) is 17.8 Å². The van der Waals surface area contributed by atoms with Crippen molar-refractivity contribution in [3.05, 3.63) is 55.1 Å². The fourth-order valence-electron chi connectivity index (χ4n) is 1.85. The van der Waals surface area contributed by atoms with Crippen LogP contribution in [0.5, 0.6) is 0 Å². The van der Waals surface area contributed by atoms with Gasteiger partial charge in [-0.2, -0.15) is 0 Å². The van der Waals surface area contributed by atoms with Gasteiger partial charge in [0.2, 0.25) is 0 Å². The lowest BCUT2D eigenvalue weighted by Gasteiger charge is -1.95. The summed E-state index contributed by atoms with van der Waals surface area (Å²) in [5, 5.41) is 0. The SMILES string of the molecule is Cn1ccnc1-c1coc(-c2ccccc2)c1. The highest BCUT2D eigenvalue weighted by Gasteiger charge is 2.08. The van der Waals surface area contributed by atoms with Crippen LogP contribution >= 0.6 is 0 Å². The van der Waals surface area contributed by atoms with Gasteiger partial charge in [0.15, 0.2) is 0 Å². The van der Waals surface area contributed by atoms with E-state index in [0.29, 0.717) is 0 Å². The average molecular weight is 224 g/mol. The summed E-state index contributed by atoms with van der Waals surface area (Å²) in [7, 11) is 1.97. The van der Waals surface area contributed by atoms with Crippen molar-refractivity contribution in [2.75, 3.05) is 0 Å². The molecule has 17 heavy (non-hydrogen) atoms. The third kappa shape index (κ3) is 1.76. The predicted molar refractivity (Wildman–Crippen MR) is 66.3 cm³/mol. The first kappa shape index (κ1) is 9.90. The summed E-state index contributed by atoms with van der Waals surface area (Å²) >= 11 is 0. The van der Waals surface area contributed by atoms with Crippen molar-refractivity contribution in [2.45, 2.75) is 0 Å². The molecule has 3 rings (SSSR count). The van der Waals surface area contributed by atoms with E-state index in [2.05, 4.69) is 4.98 Å². The minimum atomic E-state index is 0.864. The Hall–Kier alpha value is -2.29. The Labute approximate surface area is 99.3 Å². The number of furan rings is 1. The second kappa shape index (κ2) is 3.94. The molecule has 1 aromatic carbocycles. The van der Waals surface area contributed by atoms with Crippen LogP contribution < -0.4 is 0 Å². The number of imidazole rings is 1. The topological polar surface area (TPSA) is 31.0 Å². The van der Waals surface area contributed by atoms with Crippen LogP contribution in [0.4, 0.5) is 0 Å². The molecule has 0 bridgehead atoms. The summed E-state index contributed by atoms with van der Waals surface area (Å²) in [5.41, 5.74) is 2.07. The van der Waals surface area contributed by atoms with E-state index < -0.39 is 0 Å². The lowest BCUT2D eigenvalue weighted by molar-refractivity contribution is 0.582. The van der Waals surface area contributed by atoms with Crippen LogP contribution in [0.3, 0.4) is 0 Å². The van der Waals surface area contributed by atoms with Crippen molar-refractivity contribution in [3.63, 3.8) is 0 Å². The summed E-state index contributed by atoms with van der Waals surface area (Å²) < 4.78 is 7.55. The Morgan fingerprint density at radius 1 is 1.12 bits per heavy atom. The zero-order chi connectivity index (χ0) is 11.7. The highest BCUT2D eigenvalue weighted by Crippen LogP contribution is 2.26. The molecule has 0 saturated heterocycles. The summed E-state index contributed by atoms with van der Waals surface area (Å²) in [6.45, 7) is 0. The number of aryl methyl sites for hydroxylation is 1. The molecule has 0 radical (unpaired) electrons. The number of nitrogens with zero attached hydrogens (tertiary/aromatic N) is 2. The van der Waals surface area contributed by atoms with Crippen LogP contribution in [0.15, 0.2) is 59.5 Å². The van der Waals surface area contributed by atoms with Crippen molar-refractivity contribution < 1.29 is 4.42 Å². The first-order chi connectivity index (χ1) is 8.34. The molecule has 84 valence electrons. The summed E-state index contributed by atoms with van der Waals surface area (Å²) in [5.74, 6) is 1.78. The van der Waals surface area contributed by atoms with Gasteiger partial charge in [-0.05, 0) is 6.07 Å². The summed E-state index contributed by atoms with van der Waals surface area (Å²) in [6.07, 6.45) is 5.44. The molecule has 0 spiro atoms. The molecule has 0 N–H and O–H groups in total. The van der Waals surface area contributed by atoms with E-state index in [1.54, 1.807) is 12.5 Å². The quantitative estimate of drug-likeness (QED) is 0.668. The van der Waals surface area contributed by atoms with E-state index in [1.165, 1.54) is 0 Å². The molecule has 0 aliphatic carbocycles. The molecule has 0 unspecified atom stereocenters. The highest BCUT2D eigenvalue weighted by atomic mass is 16.3. The monoisotopic (exact) mass is 224 g/mol. The maximum Gasteiger partial charge on any atom is 0.142 e. The van der Waals surface area contributed by atoms with E-state index in [0.717, 1.165) is 22.7 Å². The van der Waals surface area contributed by atoms with Crippen LogP contribution in [0.1, 0.15) is 0 Å². The normalized spacial score (nSPS) is 10.6. The van der Waals surface area contributed by atoms with Crippen LogP contribution in [0.25, 0.3) is 22.7 Å². The van der Waals surface area contributed by atoms with Gasteiger partial charge in [-0.3, -0.25) is 0 Å². The van der Waals surface area contributed by atoms with E-state index in [9.17, 15) is 0 Å². The smallest absolute Gasteiger partial charge is 0.142 e. The zero-order valence-corrected chi connectivity index (χ0v) is 9.50. The molecule has 3 aromatic rings. The Balaban J connectivity index is 2.02. The van der Waals surface area contributed by atoms with E-state index in [4.69, 9.17) is 4.42 Å². The summed E-state index contributed by atoms with van der Waals surface area (Å²) in [4.78, 5) is 4.30. The van der Waals surface area contributed by atoms with Crippen molar-refractivity contribution in [3.8, 4) is 22.7 Å². The molecule has 3 nitrogen and oxygen atoms in total. The third-order valence-corrected chi connectivity index (χ3v) is 2.74. The van der Waals surface area contributed by atoms with Gasteiger partial charge in [0.05, 0.1) is 5.56 Å². The molecule has 3 heteroatoms. The highest BCUT2D eigenvalue weighted by molar-refractivity contribution is 5.65. The molecule has 0 fully saturated rings. The van der Waals surface area contributed by atoms with Crippen molar-refractivity contribution >= 4 is 0 Å². The van der Waals surface area contributed by atoms with E-state index >= 15 is 0 Å². The Kier molecular flexibility index (Phi) is 2.29. The minimum Gasteiger partial charge on any atom is -0.464 e. The average Bonchev–Trinajstić information content (AvgIpc) is 2.98. The second-order valence-electron chi connectivity index (χ2n) is 3.93. The number of benzene rings is 1. The minimum absolute atomic E-state index is 0.864. The number of rotatable bonds is 2. The predicted octanol–water partition coefficient (Wildman–Crippen LogP) is 3.35. The second-order valence-corrected chi connectivity index (χ2v) is 3.93. The van der Waals surface area contributed by atoms with Crippen molar-refractivity contribution in [1.82, 2.24) is 9.55 Å². The molecule has 0 aliphatic rings. The lowest BCUT2D eigenvalue weighted by atomic mass is 10.1. The molecular formula is C14H12N2O. The van der Waals surface area contributed by atoms with Crippen LogP contribution in [0, 0.1) is 0 Å². The molecule has 0 atom stereocenters. The van der Waals surface area contributed by atoms with E-state index in [1.807, 2.05) is 54.2 Å². The van der Waals surface area contributed by atoms with Crippen LogP contribution in [-0.4, -0.2) is 9.55 Å². The van der Waals surface area contributed by atoms with Crippen LogP contribution in [0.2, 0.25) is 0 Å². The number of hydrogen-bond acceptors (Lipinski definition) is 2. The molecule has 2 heterocycles. The molecular weight excluding hydrogens is 212 g/mol. The maximum atomic E-state index is 5.58. The fourth-order valence-corrected chi connectivity index (χ4v) is 1.85. The van der Waals surface area contributed by atoms with Gasteiger partial charge in [-0.1, -0.05) is 30.3 Å². The molecule has 0 amide bonds. The summed E-state index contributed by atoms with van der Waals surface area (Å²) in [6, 6.07) is 12.1. The Bertz CT molecular complexity index is 622. The standard InChI is InChI=1S/C14H12N2O/c1-16-8-7-15-14(16)12-9-13(17-10-12)11-5-3-2-4-6-11/h2-10H,1H3. The molecule has 0 aliphatic heterocycles. The van der Waals surface area contributed by atoms with Gasteiger partial charge in [-0.15, -0.1) is 0 Å². The first-order valence-electron chi connectivity index (χ1n) is 5.46. The number of hydrogen-bond donors (Lipinski definition) is 0. The van der Waals surface area contributed by atoms with Gasteiger partial charge < -0.3 is 8.98 Å². The largest absolute Gasteiger partial charge is 0.464 e. The van der Waals surface area contributed by atoms with Gasteiger partial charge in [-0.25, -0.2) is 4.98 Å². The first-order valence-corrected chi connectivity index (χ1v) is 5.46. The van der Waals surface area contributed by atoms with Gasteiger partial charge >= 0.3 is 0 Å². The van der Waals surface area contributed by atoms with Crippen molar-refractivity contribution in [1.29, 1.82) is 0 Å². The third-order valence-electron chi connectivity index (χ3n) is 2.74. The number of aromatic nitrogens is 2. The van der Waals surface area contributed by atoms with Gasteiger partial charge in [0, 0.05) is 25.0 Å². The fraction of sp³-hybridized carbons (Fsp3) is 0.0714. The maximum absolute atomic E-state index is 5.58.